The molecular formula is C13H12F2N2. The Bertz CT molecular complexity index is 527. The summed E-state index contributed by atoms with van der Waals surface area (Å²) in [7, 11) is 0. The predicted molar refractivity (Wildman–Crippen MR) is 62.7 cm³/mol. The molecule has 0 aliphatic rings. The Labute approximate surface area is 98.3 Å². The van der Waals surface area contributed by atoms with E-state index >= 15 is 0 Å². The second-order valence-electron chi connectivity index (χ2n) is 3.76. The Kier molecular flexibility index (Phi) is 3.32. The topological polar surface area (TPSA) is 24.9 Å². The molecule has 1 N–H and O–H groups in total. The van der Waals surface area contributed by atoms with Gasteiger partial charge in [0.1, 0.15) is 17.5 Å². The van der Waals surface area contributed by atoms with Crippen LogP contribution in [0.3, 0.4) is 0 Å². The van der Waals surface area contributed by atoms with E-state index in [0.29, 0.717) is 11.4 Å². The number of halogens is 2. The lowest BCUT2D eigenvalue weighted by atomic mass is 10.2. The Morgan fingerprint density at radius 3 is 2.76 bits per heavy atom. The number of benzene rings is 1. The smallest absolute Gasteiger partial charge is 0.131 e. The predicted octanol–water partition coefficient (Wildman–Crippen LogP) is 3.28. The summed E-state index contributed by atoms with van der Waals surface area (Å²) in [6.45, 7) is 2.19. The zero-order valence-corrected chi connectivity index (χ0v) is 9.37. The fourth-order valence-corrected chi connectivity index (χ4v) is 1.51. The van der Waals surface area contributed by atoms with Gasteiger partial charge in [0.05, 0.1) is 0 Å². The van der Waals surface area contributed by atoms with Crippen molar-refractivity contribution in [1.29, 1.82) is 0 Å². The SMILES string of the molecule is Cc1cccnc1NCc1ccc(F)cc1F. The number of aromatic nitrogens is 1. The third-order valence-corrected chi connectivity index (χ3v) is 2.47. The zero-order valence-electron chi connectivity index (χ0n) is 9.37. The van der Waals surface area contributed by atoms with Crippen LogP contribution in [0.15, 0.2) is 36.5 Å². The van der Waals surface area contributed by atoms with E-state index in [1.54, 1.807) is 6.20 Å². The van der Waals surface area contributed by atoms with E-state index in [4.69, 9.17) is 0 Å². The highest BCUT2D eigenvalue weighted by Crippen LogP contribution is 2.14. The van der Waals surface area contributed by atoms with Crippen LogP contribution in [-0.2, 0) is 6.54 Å². The summed E-state index contributed by atoms with van der Waals surface area (Å²) in [6, 6.07) is 7.29. The molecule has 17 heavy (non-hydrogen) atoms. The van der Waals surface area contributed by atoms with Gasteiger partial charge in [-0.1, -0.05) is 12.1 Å². The van der Waals surface area contributed by atoms with Crippen LogP contribution in [0.1, 0.15) is 11.1 Å². The Morgan fingerprint density at radius 1 is 1.24 bits per heavy atom. The van der Waals surface area contributed by atoms with E-state index in [-0.39, 0.29) is 6.54 Å². The fourth-order valence-electron chi connectivity index (χ4n) is 1.51. The van der Waals surface area contributed by atoms with E-state index in [2.05, 4.69) is 10.3 Å². The molecule has 4 heteroatoms. The van der Waals surface area contributed by atoms with E-state index in [0.717, 1.165) is 11.6 Å². The number of nitrogens with one attached hydrogen (secondary N) is 1. The van der Waals surface area contributed by atoms with Gasteiger partial charge in [-0.25, -0.2) is 13.8 Å². The van der Waals surface area contributed by atoms with Crippen LogP contribution in [0.4, 0.5) is 14.6 Å². The third-order valence-electron chi connectivity index (χ3n) is 2.47. The molecule has 2 rings (SSSR count). The average molecular weight is 234 g/mol. The van der Waals surface area contributed by atoms with Crippen LogP contribution in [-0.4, -0.2) is 4.98 Å². The highest BCUT2D eigenvalue weighted by molar-refractivity contribution is 5.43. The van der Waals surface area contributed by atoms with E-state index in [1.807, 2.05) is 19.1 Å². The first-order valence-electron chi connectivity index (χ1n) is 5.26. The molecule has 0 atom stereocenters. The molecule has 2 nitrogen and oxygen atoms in total. The van der Waals surface area contributed by atoms with Crippen LogP contribution in [0.5, 0.6) is 0 Å². The molecule has 0 aliphatic carbocycles. The van der Waals surface area contributed by atoms with Gasteiger partial charge in [-0.3, -0.25) is 0 Å². The summed E-state index contributed by atoms with van der Waals surface area (Å²) in [5.74, 6) is -0.414. The minimum Gasteiger partial charge on any atom is -0.366 e. The quantitative estimate of drug-likeness (QED) is 0.881. The number of anilines is 1. The van der Waals surface area contributed by atoms with Gasteiger partial charge in [-0.05, 0) is 24.6 Å². The summed E-state index contributed by atoms with van der Waals surface area (Å²) in [4.78, 5) is 4.13. The minimum atomic E-state index is -0.569. The molecule has 88 valence electrons. The second kappa shape index (κ2) is 4.91. The summed E-state index contributed by atoms with van der Waals surface area (Å²) < 4.78 is 26.1. The first kappa shape index (κ1) is 11.5. The molecule has 0 fully saturated rings. The van der Waals surface area contributed by atoms with Gasteiger partial charge in [-0.2, -0.15) is 0 Å². The molecule has 0 bridgehead atoms. The van der Waals surface area contributed by atoms with E-state index in [1.165, 1.54) is 12.1 Å². The number of hydrogen-bond donors (Lipinski definition) is 1. The van der Waals surface area contributed by atoms with Crippen LogP contribution in [0.25, 0.3) is 0 Å². The number of aryl methyl sites for hydroxylation is 1. The summed E-state index contributed by atoms with van der Waals surface area (Å²) >= 11 is 0. The van der Waals surface area contributed by atoms with Crippen molar-refractivity contribution in [3.8, 4) is 0 Å². The second-order valence-corrected chi connectivity index (χ2v) is 3.76. The normalized spacial score (nSPS) is 10.3. The molecule has 0 saturated carbocycles. The van der Waals surface area contributed by atoms with E-state index < -0.39 is 11.6 Å². The van der Waals surface area contributed by atoms with Crippen molar-refractivity contribution in [2.75, 3.05) is 5.32 Å². The van der Waals surface area contributed by atoms with Crippen LogP contribution < -0.4 is 5.32 Å². The van der Waals surface area contributed by atoms with Crippen molar-refractivity contribution >= 4 is 5.82 Å². The van der Waals surface area contributed by atoms with Crippen molar-refractivity contribution in [1.82, 2.24) is 4.98 Å². The zero-order chi connectivity index (χ0) is 12.3. The van der Waals surface area contributed by atoms with Crippen LogP contribution in [0.2, 0.25) is 0 Å². The van der Waals surface area contributed by atoms with Crippen molar-refractivity contribution in [2.24, 2.45) is 0 Å². The van der Waals surface area contributed by atoms with Gasteiger partial charge < -0.3 is 5.32 Å². The summed E-state index contributed by atoms with van der Waals surface area (Å²) in [6.07, 6.45) is 1.66. The molecular weight excluding hydrogens is 222 g/mol. The van der Waals surface area contributed by atoms with Gasteiger partial charge >= 0.3 is 0 Å². The number of hydrogen-bond acceptors (Lipinski definition) is 2. The highest BCUT2D eigenvalue weighted by Gasteiger charge is 2.04. The standard InChI is InChI=1S/C13H12F2N2/c1-9-3-2-6-16-13(9)17-8-10-4-5-11(14)7-12(10)15/h2-7H,8H2,1H3,(H,16,17). The Hall–Kier alpha value is -1.97. The van der Waals surface area contributed by atoms with Crippen molar-refractivity contribution in [2.45, 2.75) is 13.5 Å². The maximum Gasteiger partial charge on any atom is 0.131 e. The van der Waals surface area contributed by atoms with Gasteiger partial charge in [0.2, 0.25) is 0 Å². The van der Waals surface area contributed by atoms with Gasteiger partial charge in [0.25, 0.3) is 0 Å². The lowest BCUT2D eigenvalue weighted by Crippen LogP contribution is -2.04. The largest absolute Gasteiger partial charge is 0.366 e. The maximum absolute atomic E-state index is 13.4. The molecule has 1 aromatic heterocycles. The first-order valence-corrected chi connectivity index (χ1v) is 5.26. The Balaban J connectivity index is 2.10. The van der Waals surface area contributed by atoms with Crippen LogP contribution >= 0.6 is 0 Å². The summed E-state index contributed by atoms with van der Waals surface area (Å²) in [5.41, 5.74) is 1.39. The van der Waals surface area contributed by atoms with Crippen molar-refractivity contribution in [3.05, 3.63) is 59.3 Å². The first-order chi connectivity index (χ1) is 8.16. The minimum absolute atomic E-state index is 0.282. The third kappa shape index (κ3) is 2.78. The molecule has 0 saturated heterocycles. The molecule has 0 unspecified atom stereocenters. The van der Waals surface area contributed by atoms with Gasteiger partial charge in [0.15, 0.2) is 0 Å². The number of rotatable bonds is 3. The molecule has 0 amide bonds. The molecule has 0 spiro atoms. The molecule has 1 heterocycles. The van der Waals surface area contributed by atoms with Crippen molar-refractivity contribution < 1.29 is 8.78 Å². The molecule has 0 radical (unpaired) electrons. The average Bonchev–Trinajstić information content (AvgIpc) is 2.30. The fraction of sp³-hybridized carbons (Fsp3) is 0.154. The van der Waals surface area contributed by atoms with Crippen molar-refractivity contribution in [3.63, 3.8) is 0 Å². The van der Waals surface area contributed by atoms with Gasteiger partial charge in [0, 0.05) is 24.4 Å². The van der Waals surface area contributed by atoms with Crippen LogP contribution in [0, 0.1) is 18.6 Å². The van der Waals surface area contributed by atoms with Gasteiger partial charge in [-0.15, -0.1) is 0 Å². The monoisotopic (exact) mass is 234 g/mol. The summed E-state index contributed by atoms with van der Waals surface area (Å²) in [5, 5.41) is 3.02. The number of nitrogens with zero attached hydrogens (tertiary/aromatic N) is 1. The highest BCUT2D eigenvalue weighted by atomic mass is 19.1. The Morgan fingerprint density at radius 2 is 2.06 bits per heavy atom. The molecule has 2 aromatic rings. The lowest BCUT2D eigenvalue weighted by molar-refractivity contribution is 0.574. The molecule has 0 aliphatic heterocycles. The lowest BCUT2D eigenvalue weighted by Gasteiger charge is -2.08. The molecule has 1 aromatic carbocycles. The van der Waals surface area contributed by atoms with E-state index in [9.17, 15) is 8.78 Å². The maximum atomic E-state index is 13.4. The number of pyridine rings is 1.